The van der Waals surface area contributed by atoms with Crippen LogP contribution in [0.2, 0.25) is 0 Å². The molecule has 184 valence electrons. The predicted molar refractivity (Wildman–Crippen MR) is 140 cm³/mol. The predicted octanol–water partition coefficient (Wildman–Crippen LogP) is 4.83. The van der Waals surface area contributed by atoms with Crippen LogP contribution in [-0.4, -0.2) is 26.4 Å². The van der Waals surface area contributed by atoms with E-state index in [1.165, 1.54) is 25.3 Å². The molecule has 0 aliphatic heterocycles. The molecule has 10 nitrogen and oxygen atoms in total. The zero-order valence-corrected chi connectivity index (χ0v) is 21.9. The number of halogens is 1. The molecule has 3 rings (SSSR count). The van der Waals surface area contributed by atoms with E-state index in [0.29, 0.717) is 14.8 Å². The molecule has 0 aliphatic rings. The fraction of sp³-hybridized carbons (Fsp3) is 0.0833. The van der Waals surface area contributed by atoms with Gasteiger partial charge in [-0.1, -0.05) is 17.7 Å². The van der Waals surface area contributed by atoms with Crippen LogP contribution in [0, 0.1) is 31.9 Å². The summed E-state index contributed by atoms with van der Waals surface area (Å²) in [7, 11) is -3.04. The van der Waals surface area contributed by atoms with E-state index in [1.54, 1.807) is 12.1 Å². The fourth-order valence-electron chi connectivity index (χ4n) is 2.95. The molecule has 0 aliphatic carbocycles. The first-order chi connectivity index (χ1) is 17.0. The average Bonchev–Trinajstić information content (AvgIpc) is 2.85. The highest BCUT2D eigenvalue weighted by atomic mass is 127. The molecule has 0 radical (unpaired) electrons. The van der Waals surface area contributed by atoms with E-state index in [4.69, 9.17) is 8.92 Å². The summed E-state index contributed by atoms with van der Waals surface area (Å²) in [5.74, 6) is -0.692. The summed E-state index contributed by atoms with van der Waals surface area (Å²) in [6.07, 6.45) is 1.34. The van der Waals surface area contributed by atoms with E-state index in [-0.39, 0.29) is 27.7 Å². The van der Waals surface area contributed by atoms with Crippen molar-refractivity contribution in [3.05, 3.63) is 91.0 Å². The van der Waals surface area contributed by atoms with Crippen molar-refractivity contribution in [2.45, 2.75) is 11.8 Å². The molecule has 36 heavy (non-hydrogen) atoms. The first-order valence-electron chi connectivity index (χ1n) is 10.1. The topological polar surface area (TPSA) is 149 Å². The van der Waals surface area contributed by atoms with Crippen LogP contribution in [0.3, 0.4) is 0 Å². The summed E-state index contributed by atoms with van der Waals surface area (Å²) in [4.78, 5) is 22.5. The van der Waals surface area contributed by atoms with Gasteiger partial charge in [0.1, 0.15) is 16.5 Å². The molecule has 1 N–H and O–H groups in total. The first kappa shape index (κ1) is 26.6. The number of nitriles is 1. The molecule has 0 spiro atoms. The van der Waals surface area contributed by atoms with Gasteiger partial charge in [0.15, 0.2) is 11.5 Å². The van der Waals surface area contributed by atoms with Gasteiger partial charge in [-0.05, 0) is 77.6 Å². The number of rotatable bonds is 8. The molecule has 0 aromatic heterocycles. The molecule has 0 bridgehead atoms. The normalized spacial score (nSPS) is 11.3. The Kier molecular flexibility index (Phi) is 8.28. The van der Waals surface area contributed by atoms with E-state index in [1.807, 2.05) is 47.7 Å². The number of nitrogens with one attached hydrogen (secondary N) is 1. The zero-order chi connectivity index (χ0) is 26.5. The van der Waals surface area contributed by atoms with Crippen molar-refractivity contribution in [3.63, 3.8) is 0 Å². The van der Waals surface area contributed by atoms with Crippen LogP contribution < -0.4 is 14.2 Å². The number of methoxy groups -OCH3 is 1. The number of hydrogen-bond acceptors (Lipinski definition) is 8. The number of ether oxygens (including phenoxy) is 1. The fourth-order valence-corrected chi connectivity index (χ4v) is 4.79. The Morgan fingerprint density at radius 2 is 1.78 bits per heavy atom. The van der Waals surface area contributed by atoms with Crippen molar-refractivity contribution in [3.8, 4) is 17.6 Å². The Labute approximate surface area is 220 Å². The molecule has 3 aromatic carbocycles. The van der Waals surface area contributed by atoms with E-state index in [0.717, 1.165) is 29.8 Å². The third-order valence-electron chi connectivity index (χ3n) is 4.77. The highest BCUT2D eigenvalue weighted by molar-refractivity contribution is 14.1. The van der Waals surface area contributed by atoms with Gasteiger partial charge in [-0.15, -0.1) is 0 Å². The van der Waals surface area contributed by atoms with Crippen molar-refractivity contribution >= 4 is 56.1 Å². The average molecular weight is 619 g/mol. The van der Waals surface area contributed by atoms with Crippen LogP contribution >= 0.6 is 22.6 Å². The molecule has 0 heterocycles. The van der Waals surface area contributed by atoms with Gasteiger partial charge in [-0.3, -0.25) is 14.9 Å². The quantitative estimate of drug-likeness (QED) is 0.0942. The summed E-state index contributed by atoms with van der Waals surface area (Å²) in [5.41, 5.74) is 1.49. The number of carbonyl (C=O) groups is 1. The second-order valence-electron chi connectivity index (χ2n) is 7.31. The summed E-state index contributed by atoms with van der Waals surface area (Å²) in [6.45, 7) is 1.91. The molecule has 0 unspecified atom stereocenters. The third kappa shape index (κ3) is 6.37. The number of nitro benzene ring substituents is 1. The van der Waals surface area contributed by atoms with E-state index in [2.05, 4.69) is 5.32 Å². The lowest BCUT2D eigenvalue weighted by atomic mass is 10.1. The molecule has 0 saturated carbocycles. The van der Waals surface area contributed by atoms with Crippen molar-refractivity contribution in [2.75, 3.05) is 12.4 Å². The Bertz CT molecular complexity index is 1490. The Morgan fingerprint density at radius 1 is 1.14 bits per heavy atom. The lowest BCUT2D eigenvalue weighted by Crippen LogP contribution is -2.13. The van der Waals surface area contributed by atoms with Crippen LogP contribution in [0.25, 0.3) is 6.08 Å². The van der Waals surface area contributed by atoms with Crippen LogP contribution in [0.15, 0.2) is 71.1 Å². The minimum absolute atomic E-state index is 0.0369. The highest BCUT2D eigenvalue weighted by Crippen LogP contribution is 2.36. The van der Waals surface area contributed by atoms with Gasteiger partial charge in [0.05, 0.1) is 15.6 Å². The number of benzene rings is 3. The summed E-state index contributed by atoms with van der Waals surface area (Å²) >= 11 is 1.83. The Hall–Kier alpha value is -3.96. The molecule has 0 fully saturated rings. The largest absolute Gasteiger partial charge is 0.493 e. The number of nitro groups is 1. The van der Waals surface area contributed by atoms with Crippen molar-refractivity contribution in [1.82, 2.24) is 0 Å². The van der Waals surface area contributed by atoms with Crippen molar-refractivity contribution in [2.24, 2.45) is 0 Å². The van der Waals surface area contributed by atoms with Gasteiger partial charge in [0, 0.05) is 17.8 Å². The summed E-state index contributed by atoms with van der Waals surface area (Å²) in [6, 6.07) is 16.1. The van der Waals surface area contributed by atoms with Gasteiger partial charge >= 0.3 is 10.1 Å². The molecule has 3 aromatic rings. The lowest BCUT2D eigenvalue weighted by Gasteiger charge is -2.13. The van der Waals surface area contributed by atoms with Crippen molar-refractivity contribution in [1.29, 1.82) is 5.26 Å². The maximum Gasteiger partial charge on any atom is 0.339 e. The number of anilines is 1. The number of nitrogens with zero attached hydrogens (tertiary/aromatic N) is 2. The molecule has 0 atom stereocenters. The third-order valence-corrected chi connectivity index (χ3v) is 6.80. The van der Waals surface area contributed by atoms with Crippen LogP contribution in [0.4, 0.5) is 11.4 Å². The maximum absolute atomic E-state index is 12.7. The molecule has 12 heteroatoms. The highest BCUT2D eigenvalue weighted by Gasteiger charge is 2.23. The Balaban J connectivity index is 1.89. The number of aryl methyl sites for hydroxylation is 1. The first-order valence-corrected chi connectivity index (χ1v) is 12.6. The molecule has 1 amide bonds. The van der Waals surface area contributed by atoms with Crippen LogP contribution in [0.1, 0.15) is 11.1 Å². The second-order valence-corrected chi connectivity index (χ2v) is 10.0. The van der Waals surface area contributed by atoms with Crippen LogP contribution in [0.5, 0.6) is 11.5 Å². The van der Waals surface area contributed by atoms with E-state index < -0.39 is 20.9 Å². The lowest BCUT2D eigenvalue weighted by molar-refractivity contribution is -0.384. The molecular formula is C24H18IN3O7S. The number of non-ortho nitro benzene ring substituents is 1. The van der Waals surface area contributed by atoms with Gasteiger partial charge in [0.2, 0.25) is 0 Å². The SMILES string of the molecule is COc1cc(/C=C(\C#N)C(=O)Nc2ccc(C)cc2)cc(I)c1OS(=O)(=O)c1ccc([N+](=O)[O-])cc1. The van der Waals surface area contributed by atoms with Gasteiger partial charge in [-0.2, -0.15) is 13.7 Å². The van der Waals surface area contributed by atoms with Crippen LogP contribution in [-0.2, 0) is 14.9 Å². The standard InChI is InChI=1S/C24H18IN3O7S/c1-15-3-5-18(6-4-15)27-24(29)17(14-26)11-16-12-21(25)23(22(13-16)34-2)35-36(32,33)20-9-7-19(8-10-20)28(30)31/h3-13H,1-2H3,(H,27,29)/b17-11+. The van der Waals surface area contributed by atoms with Crippen molar-refractivity contribution < 1.29 is 27.1 Å². The van der Waals surface area contributed by atoms with Gasteiger partial charge in [0.25, 0.3) is 11.6 Å². The number of hydrogen-bond donors (Lipinski definition) is 1. The molecular weight excluding hydrogens is 601 g/mol. The van der Waals surface area contributed by atoms with Gasteiger partial charge < -0.3 is 14.2 Å². The second kappa shape index (κ2) is 11.2. The zero-order valence-electron chi connectivity index (χ0n) is 18.9. The van der Waals surface area contributed by atoms with Gasteiger partial charge in [-0.25, -0.2) is 0 Å². The Morgan fingerprint density at radius 3 is 2.33 bits per heavy atom. The number of carbonyl (C=O) groups excluding carboxylic acids is 1. The minimum Gasteiger partial charge on any atom is -0.493 e. The summed E-state index contributed by atoms with van der Waals surface area (Å²) in [5, 5.41) is 23.0. The monoisotopic (exact) mass is 619 g/mol. The number of amides is 1. The van der Waals surface area contributed by atoms with E-state index >= 15 is 0 Å². The van der Waals surface area contributed by atoms with E-state index in [9.17, 15) is 28.6 Å². The maximum atomic E-state index is 12.7. The summed E-state index contributed by atoms with van der Waals surface area (Å²) < 4.78 is 36.3. The smallest absolute Gasteiger partial charge is 0.339 e. The minimum atomic E-state index is -4.34. The molecule has 0 saturated heterocycles.